The van der Waals surface area contributed by atoms with Gasteiger partial charge in [-0.2, -0.15) is 0 Å². The van der Waals surface area contributed by atoms with E-state index in [1.165, 1.54) is 0 Å². The Balaban J connectivity index is 2.01. The molecule has 4 aliphatic rings. The molecule has 4 rings (SSSR count). The van der Waals surface area contributed by atoms with Gasteiger partial charge >= 0.3 is 0 Å². The first kappa shape index (κ1) is 10.1. The molecule has 0 amide bonds. The average molecular weight is 210 g/mol. The zero-order valence-corrected chi connectivity index (χ0v) is 9.74. The summed E-state index contributed by atoms with van der Waals surface area (Å²) in [5.41, 5.74) is -0.913. The molecule has 4 saturated carbocycles. The SMILES string of the molecule is C[C@]1(O)[C@@H]2C[C@H]3C[C@H]1CC[C@H](C2)[C@]3(C)O. The smallest absolute Gasteiger partial charge is 0.0676 e. The summed E-state index contributed by atoms with van der Waals surface area (Å²) in [5.74, 6) is 1.74. The van der Waals surface area contributed by atoms with Crippen LogP contribution in [-0.2, 0) is 0 Å². The van der Waals surface area contributed by atoms with Crippen molar-refractivity contribution >= 4 is 0 Å². The second kappa shape index (κ2) is 2.78. The van der Waals surface area contributed by atoms with Crippen LogP contribution in [0.3, 0.4) is 0 Å². The molecule has 0 aliphatic heterocycles. The quantitative estimate of drug-likeness (QED) is 0.641. The monoisotopic (exact) mass is 210 g/mol. The summed E-state index contributed by atoms with van der Waals surface area (Å²) in [7, 11) is 0. The van der Waals surface area contributed by atoms with E-state index < -0.39 is 11.2 Å². The van der Waals surface area contributed by atoms with E-state index in [0.29, 0.717) is 23.7 Å². The van der Waals surface area contributed by atoms with Gasteiger partial charge in [0.1, 0.15) is 0 Å². The normalized spacial score (nSPS) is 63.2. The molecule has 0 aromatic carbocycles. The van der Waals surface area contributed by atoms with Gasteiger partial charge in [-0.1, -0.05) is 0 Å². The Morgan fingerprint density at radius 2 is 1.07 bits per heavy atom. The first-order valence-corrected chi connectivity index (χ1v) is 6.37. The molecule has 0 radical (unpaired) electrons. The lowest BCUT2D eigenvalue weighted by Crippen LogP contribution is -2.56. The van der Waals surface area contributed by atoms with Gasteiger partial charge in [-0.25, -0.2) is 0 Å². The third kappa shape index (κ3) is 1.18. The van der Waals surface area contributed by atoms with Crippen molar-refractivity contribution in [3.63, 3.8) is 0 Å². The summed E-state index contributed by atoms with van der Waals surface area (Å²) in [6, 6.07) is 0. The zero-order chi connectivity index (χ0) is 10.8. The maximum atomic E-state index is 10.6. The molecule has 2 heteroatoms. The van der Waals surface area contributed by atoms with Crippen LogP contribution < -0.4 is 0 Å². The van der Waals surface area contributed by atoms with Gasteiger partial charge in [0.25, 0.3) is 0 Å². The molecule has 0 unspecified atom stereocenters. The van der Waals surface area contributed by atoms with Crippen LogP contribution in [0.5, 0.6) is 0 Å². The molecule has 2 N–H and O–H groups in total. The van der Waals surface area contributed by atoms with Gasteiger partial charge in [0.05, 0.1) is 11.2 Å². The van der Waals surface area contributed by atoms with E-state index in [9.17, 15) is 10.2 Å². The van der Waals surface area contributed by atoms with Crippen molar-refractivity contribution in [3.8, 4) is 0 Å². The largest absolute Gasteiger partial charge is 0.390 e. The molecule has 4 fully saturated rings. The Labute approximate surface area is 91.7 Å². The topological polar surface area (TPSA) is 40.5 Å². The minimum atomic E-state index is -0.457. The van der Waals surface area contributed by atoms with Crippen molar-refractivity contribution in [1.29, 1.82) is 0 Å². The Morgan fingerprint density at radius 1 is 0.733 bits per heavy atom. The van der Waals surface area contributed by atoms with E-state index in [-0.39, 0.29) is 0 Å². The van der Waals surface area contributed by atoms with Crippen LogP contribution in [0.25, 0.3) is 0 Å². The third-order valence-electron chi connectivity index (χ3n) is 5.88. The van der Waals surface area contributed by atoms with Crippen molar-refractivity contribution < 1.29 is 10.2 Å². The van der Waals surface area contributed by atoms with Crippen molar-refractivity contribution in [1.82, 2.24) is 0 Å². The lowest BCUT2D eigenvalue weighted by atomic mass is 9.56. The van der Waals surface area contributed by atoms with Gasteiger partial charge in [-0.3, -0.25) is 0 Å². The van der Waals surface area contributed by atoms with E-state index in [0.717, 1.165) is 32.1 Å². The molecule has 0 spiro atoms. The Kier molecular flexibility index (Phi) is 1.87. The average Bonchev–Trinajstić information content (AvgIpc) is 2.30. The van der Waals surface area contributed by atoms with Gasteiger partial charge < -0.3 is 10.2 Å². The zero-order valence-electron chi connectivity index (χ0n) is 9.74. The van der Waals surface area contributed by atoms with Crippen molar-refractivity contribution in [3.05, 3.63) is 0 Å². The van der Waals surface area contributed by atoms with Gasteiger partial charge in [0, 0.05) is 0 Å². The van der Waals surface area contributed by atoms with Crippen LogP contribution >= 0.6 is 0 Å². The minimum Gasteiger partial charge on any atom is -0.390 e. The van der Waals surface area contributed by atoms with Gasteiger partial charge in [0.15, 0.2) is 0 Å². The molecule has 2 nitrogen and oxygen atoms in total. The summed E-state index contributed by atoms with van der Waals surface area (Å²) >= 11 is 0. The number of hydrogen-bond acceptors (Lipinski definition) is 2. The Morgan fingerprint density at radius 3 is 1.47 bits per heavy atom. The highest BCUT2D eigenvalue weighted by molar-refractivity contribution is 5.09. The molecular formula is C13H22O2. The van der Waals surface area contributed by atoms with E-state index in [4.69, 9.17) is 0 Å². The van der Waals surface area contributed by atoms with Crippen LogP contribution in [-0.4, -0.2) is 21.4 Å². The second-order valence-corrected chi connectivity index (χ2v) is 6.52. The highest BCUT2D eigenvalue weighted by Crippen LogP contribution is 2.59. The number of hydrogen-bond donors (Lipinski definition) is 2. The van der Waals surface area contributed by atoms with Crippen LogP contribution in [0, 0.1) is 23.7 Å². The first-order chi connectivity index (χ1) is 6.92. The van der Waals surface area contributed by atoms with Crippen LogP contribution in [0.1, 0.15) is 46.0 Å². The molecule has 15 heavy (non-hydrogen) atoms. The predicted octanol–water partition coefficient (Wildman–Crippen LogP) is 1.94. The number of aliphatic hydroxyl groups is 2. The highest BCUT2D eigenvalue weighted by atomic mass is 16.3. The van der Waals surface area contributed by atoms with Gasteiger partial charge in [-0.15, -0.1) is 0 Å². The molecule has 0 aromatic rings. The van der Waals surface area contributed by atoms with Crippen LogP contribution in [0.2, 0.25) is 0 Å². The molecular weight excluding hydrogens is 188 g/mol. The molecule has 86 valence electrons. The molecule has 0 heterocycles. The highest BCUT2D eigenvalue weighted by Gasteiger charge is 2.58. The number of rotatable bonds is 0. The fraction of sp³-hybridized carbons (Fsp3) is 1.00. The Hall–Kier alpha value is -0.0800. The van der Waals surface area contributed by atoms with Gasteiger partial charge in [-0.05, 0) is 69.6 Å². The standard InChI is InChI=1S/C13H22O2/c1-12(14)8-3-4-9-6-10(12)7-11(5-8)13(9,2)15/h8-11,14-15H,3-7H2,1-2H3/t8-,9-,10-,11+,12+,13-/m1/s1. The van der Waals surface area contributed by atoms with Gasteiger partial charge in [0.2, 0.25) is 0 Å². The van der Waals surface area contributed by atoms with Crippen molar-refractivity contribution in [2.75, 3.05) is 0 Å². The summed E-state index contributed by atoms with van der Waals surface area (Å²) in [5, 5.41) is 21.1. The van der Waals surface area contributed by atoms with E-state index in [1.54, 1.807) is 0 Å². The van der Waals surface area contributed by atoms with Crippen LogP contribution in [0.4, 0.5) is 0 Å². The third-order valence-corrected chi connectivity index (χ3v) is 5.88. The predicted molar refractivity (Wildman–Crippen MR) is 58.3 cm³/mol. The fourth-order valence-electron chi connectivity index (χ4n) is 4.54. The maximum absolute atomic E-state index is 10.6. The molecule has 4 aliphatic carbocycles. The Bertz CT molecular complexity index is 242. The molecule has 0 saturated heterocycles. The lowest BCUT2D eigenvalue weighted by molar-refractivity contribution is -0.168. The summed E-state index contributed by atoms with van der Waals surface area (Å²) in [4.78, 5) is 0. The second-order valence-electron chi connectivity index (χ2n) is 6.52. The van der Waals surface area contributed by atoms with Crippen molar-refractivity contribution in [2.45, 2.75) is 57.2 Å². The summed E-state index contributed by atoms with van der Waals surface area (Å²) < 4.78 is 0. The first-order valence-electron chi connectivity index (χ1n) is 6.37. The summed E-state index contributed by atoms with van der Waals surface area (Å²) in [6.07, 6.45) is 5.33. The van der Waals surface area contributed by atoms with E-state index in [1.807, 2.05) is 13.8 Å². The number of fused-ring (bicyclic) bond motifs is 1. The maximum Gasteiger partial charge on any atom is 0.0676 e. The minimum absolute atomic E-state index is 0.431. The molecule has 4 bridgehead atoms. The van der Waals surface area contributed by atoms with E-state index >= 15 is 0 Å². The molecule has 0 aromatic heterocycles. The fourth-order valence-corrected chi connectivity index (χ4v) is 4.54. The van der Waals surface area contributed by atoms with Crippen LogP contribution in [0.15, 0.2) is 0 Å². The molecule has 6 atom stereocenters. The van der Waals surface area contributed by atoms with E-state index in [2.05, 4.69) is 0 Å². The summed E-state index contributed by atoms with van der Waals surface area (Å²) in [6.45, 7) is 4.06. The van der Waals surface area contributed by atoms with Crippen molar-refractivity contribution in [2.24, 2.45) is 23.7 Å². The lowest BCUT2D eigenvalue weighted by Gasteiger charge is -2.54.